The summed E-state index contributed by atoms with van der Waals surface area (Å²) in [5.41, 5.74) is 0. The second kappa shape index (κ2) is 4.32. The molecule has 0 heterocycles. The molecule has 9 heteroatoms. The highest BCUT2D eigenvalue weighted by Crippen LogP contribution is 2.40. The van der Waals surface area contributed by atoms with Crippen molar-refractivity contribution in [2.45, 2.75) is 16.1 Å². The first-order valence-corrected chi connectivity index (χ1v) is 6.96. The summed E-state index contributed by atoms with van der Waals surface area (Å²) in [6.45, 7) is 0. The molecule has 1 aliphatic rings. The maximum atomic E-state index is 12.1. The van der Waals surface area contributed by atoms with Crippen LogP contribution in [0.3, 0.4) is 0 Å². The highest BCUT2D eigenvalue weighted by molar-refractivity contribution is 9.10. The van der Waals surface area contributed by atoms with Crippen molar-refractivity contribution >= 4 is 35.7 Å². The lowest BCUT2D eigenvalue weighted by Gasteiger charge is -2.31. The van der Waals surface area contributed by atoms with Gasteiger partial charge in [0.05, 0.1) is 0 Å². The summed E-state index contributed by atoms with van der Waals surface area (Å²) in [5.74, 6) is 0. The van der Waals surface area contributed by atoms with Crippen LogP contribution in [0.2, 0.25) is 0 Å². The molecule has 2 unspecified atom stereocenters. The molecule has 0 radical (unpaired) electrons. The van der Waals surface area contributed by atoms with Crippen LogP contribution in [0.25, 0.3) is 0 Å². The van der Waals surface area contributed by atoms with Gasteiger partial charge in [-0.3, -0.25) is 4.74 Å². The Kier molecular flexibility index (Phi) is 3.78. The lowest BCUT2D eigenvalue weighted by molar-refractivity contribution is -0.340. The van der Waals surface area contributed by atoms with Gasteiger partial charge in [0, 0.05) is 10.7 Å². The molecule has 16 heavy (non-hydrogen) atoms. The van der Waals surface area contributed by atoms with Crippen LogP contribution in [-0.2, 0) is 13.8 Å². The predicted octanol–water partition coefficient (Wildman–Crippen LogP) is 2.68. The van der Waals surface area contributed by atoms with Gasteiger partial charge in [0.1, 0.15) is 5.25 Å². The van der Waals surface area contributed by atoms with Crippen LogP contribution in [0.15, 0.2) is 24.3 Å². The van der Waals surface area contributed by atoms with Crippen LogP contribution < -0.4 is 0 Å². The third kappa shape index (κ3) is 3.47. The molecule has 0 aliphatic heterocycles. The van der Waals surface area contributed by atoms with E-state index >= 15 is 0 Å². The Balaban J connectivity index is 3.09. The van der Waals surface area contributed by atoms with Crippen LogP contribution in [0.4, 0.5) is 13.2 Å². The second-order valence-corrected chi connectivity index (χ2v) is 6.87. The topological polar surface area (TPSA) is 43.4 Å². The smallest absolute Gasteiger partial charge is 0.268 e. The van der Waals surface area contributed by atoms with E-state index in [1.807, 2.05) is 0 Å². The fourth-order valence-corrected chi connectivity index (χ4v) is 4.05. The number of rotatable bonds is 2. The van der Waals surface area contributed by atoms with Gasteiger partial charge in [0.2, 0.25) is 9.05 Å². The summed E-state index contributed by atoms with van der Waals surface area (Å²) in [6.07, 6.45) is -0.574. The SMILES string of the molecule is O=S(=O)(Cl)C1C=CC=CC1(Br)OC(F)(F)F. The maximum Gasteiger partial charge on any atom is 0.524 e. The number of hydrogen-bond donors (Lipinski definition) is 0. The Bertz CT molecular complexity index is 431. The second-order valence-electron chi connectivity index (χ2n) is 2.89. The van der Waals surface area contributed by atoms with Crippen molar-refractivity contribution in [3.8, 4) is 0 Å². The van der Waals surface area contributed by atoms with Crippen molar-refractivity contribution in [1.82, 2.24) is 0 Å². The Hall–Kier alpha value is -0.0500. The molecular formula is C7H5BrClF3O3S. The number of alkyl halides is 4. The van der Waals surface area contributed by atoms with Crippen molar-refractivity contribution in [2.75, 3.05) is 0 Å². The third-order valence-electron chi connectivity index (χ3n) is 1.68. The van der Waals surface area contributed by atoms with Crippen molar-refractivity contribution in [3.63, 3.8) is 0 Å². The standard InChI is InChI=1S/C7H5BrClF3O3S/c8-6(15-7(10,11)12)4-2-1-3-5(6)16(9,13)14/h1-5H. The molecule has 92 valence electrons. The summed E-state index contributed by atoms with van der Waals surface area (Å²) in [4.78, 5) is 0. The van der Waals surface area contributed by atoms with Gasteiger partial charge in [-0.1, -0.05) is 18.2 Å². The third-order valence-corrected chi connectivity index (χ3v) is 4.60. The Morgan fingerprint density at radius 3 is 2.38 bits per heavy atom. The first-order valence-electron chi connectivity index (χ1n) is 3.80. The normalized spacial score (nSPS) is 30.7. The molecular weight excluding hydrogens is 336 g/mol. The lowest BCUT2D eigenvalue weighted by atomic mass is 10.1. The van der Waals surface area contributed by atoms with Gasteiger partial charge in [-0.05, 0) is 22.0 Å². The van der Waals surface area contributed by atoms with Gasteiger partial charge in [0.25, 0.3) is 0 Å². The minimum Gasteiger partial charge on any atom is -0.268 e. The van der Waals surface area contributed by atoms with Crippen molar-refractivity contribution in [1.29, 1.82) is 0 Å². The fourth-order valence-electron chi connectivity index (χ4n) is 1.13. The van der Waals surface area contributed by atoms with Crippen LogP contribution in [0, 0.1) is 0 Å². The molecule has 0 aromatic rings. The van der Waals surface area contributed by atoms with Crippen LogP contribution in [-0.4, -0.2) is 24.5 Å². The van der Waals surface area contributed by atoms with E-state index in [9.17, 15) is 21.6 Å². The van der Waals surface area contributed by atoms with E-state index < -0.39 is 25.2 Å². The largest absolute Gasteiger partial charge is 0.524 e. The fraction of sp³-hybridized carbons (Fsp3) is 0.429. The average Bonchev–Trinajstić information content (AvgIpc) is 1.97. The van der Waals surface area contributed by atoms with Gasteiger partial charge >= 0.3 is 6.36 Å². The molecule has 0 N–H and O–H groups in total. The molecule has 3 nitrogen and oxygen atoms in total. The minimum atomic E-state index is -4.99. The van der Waals surface area contributed by atoms with E-state index in [4.69, 9.17) is 10.7 Å². The zero-order chi connectivity index (χ0) is 12.6. The van der Waals surface area contributed by atoms with Crippen molar-refractivity contribution < 1.29 is 26.3 Å². The van der Waals surface area contributed by atoms with E-state index in [-0.39, 0.29) is 0 Å². The first kappa shape index (κ1) is 14.0. The number of allylic oxidation sites excluding steroid dienone is 2. The molecule has 1 rings (SSSR count). The molecule has 0 amide bonds. The molecule has 0 spiro atoms. The molecule has 2 atom stereocenters. The van der Waals surface area contributed by atoms with Gasteiger partial charge < -0.3 is 0 Å². The van der Waals surface area contributed by atoms with E-state index in [1.165, 1.54) is 12.2 Å². The molecule has 0 bridgehead atoms. The van der Waals surface area contributed by atoms with Gasteiger partial charge in [-0.25, -0.2) is 8.42 Å². The van der Waals surface area contributed by atoms with Gasteiger partial charge in [-0.15, -0.1) is 13.2 Å². The zero-order valence-electron chi connectivity index (χ0n) is 7.41. The number of halogens is 5. The summed E-state index contributed by atoms with van der Waals surface area (Å²) >= 11 is 2.59. The van der Waals surface area contributed by atoms with Crippen LogP contribution in [0.5, 0.6) is 0 Å². The van der Waals surface area contributed by atoms with E-state index in [0.29, 0.717) is 0 Å². The highest BCUT2D eigenvalue weighted by Gasteiger charge is 2.50. The molecule has 0 aromatic heterocycles. The Morgan fingerprint density at radius 1 is 1.38 bits per heavy atom. The summed E-state index contributed by atoms with van der Waals surface area (Å²) < 4.78 is 60.0. The van der Waals surface area contributed by atoms with Gasteiger partial charge in [0.15, 0.2) is 4.51 Å². The first-order chi connectivity index (χ1) is 7.05. The number of hydrogen-bond acceptors (Lipinski definition) is 3. The number of ether oxygens (including phenoxy) is 1. The Morgan fingerprint density at radius 2 is 1.94 bits per heavy atom. The minimum absolute atomic E-state index is 0.922. The molecule has 0 saturated heterocycles. The highest BCUT2D eigenvalue weighted by atomic mass is 79.9. The molecule has 0 fully saturated rings. The maximum absolute atomic E-state index is 12.1. The Labute approximate surface area is 102 Å². The van der Waals surface area contributed by atoms with E-state index in [1.54, 1.807) is 0 Å². The van der Waals surface area contributed by atoms with Gasteiger partial charge in [-0.2, -0.15) is 0 Å². The summed E-state index contributed by atoms with van der Waals surface area (Å²) in [7, 11) is 0.791. The summed E-state index contributed by atoms with van der Waals surface area (Å²) in [5, 5.41) is -1.66. The average molecular weight is 342 g/mol. The molecule has 1 aliphatic carbocycles. The quantitative estimate of drug-likeness (QED) is 0.573. The van der Waals surface area contributed by atoms with Crippen LogP contribution in [0.1, 0.15) is 0 Å². The monoisotopic (exact) mass is 340 g/mol. The zero-order valence-corrected chi connectivity index (χ0v) is 10.6. The predicted molar refractivity (Wildman–Crippen MR) is 55.6 cm³/mol. The van der Waals surface area contributed by atoms with Crippen molar-refractivity contribution in [2.24, 2.45) is 0 Å². The molecule has 0 saturated carbocycles. The lowest BCUT2D eigenvalue weighted by Crippen LogP contribution is -2.44. The summed E-state index contributed by atoms with van der Waals surface area (Å²) in [6, 6.07) is 0. The van der Waals surface area contributed by atoms with E-state index in [2.05, 4.69) is 20.7 Å². The van der Waals surface area contributed by atoms with Crippen molar-refractivity contribution in [3.05, 3.63) is 24.3 Å². The van der Waals surface area contributed by atoms with Crippen LogP contribution >= 0.6 is 26.6 Å². The molecule has 0 aromatic carbocycles. The van der Waals surface area contributed by atoms with E-state index in [0.717, 1.165) is 12.2 Å².